The van der Waals surface area contributed by atoms with E-state index in [0.29, 0.717) is 19.7 Å². The maximum Gasteiger partial charge on any atom is 0.123 e. The summed E-state index contributed by atoms with van der Waals surface area (Å²) in [5.41, 5.74) is 12.4. The molecular formula is C16H27FN2O. The average molecular weight is 282 g/mol. The fourth-order valence-corrected chi connectivity index (χ4v) is 2.39. The number of benzene rings is 1. The molecule has 1 rings (SSSR count). The Morgan fingerprint density at radius 1 is 1.20 bits per heavy atom. The highest BCUT2D eigenvalue weighted by molar-refractivity contribution is 5.37. The standard InChI is InChI=1S/C16H27FN2O/c1-3-7-20-16-6-5-14(17)9-15(16)13(4-2)8-12(10-18)11-19/h5-6,9,12-13H,3-4,7-8,10-11,18-19H2,1-2H3. The lowest BCUT2D eigenvalue weighted by atomic mass is 9.86. The van der Waals surface area contributed by atoms with Crippen LogP contribution < -0.4 is 16.2 Å². The molecule has 1 aromatic rings. The van der Waals surface area contributed by atoms with Gasteiger partial charge in [-0.15, -0.1) is 0 Å². The van der Waals surface area contributed by atoms with Gasteiger partial charge in [-0.05, 0) is 62.4 Å². The molecule has 0 radical (unpaired) electrons. The monoisotopic (exact) mass is 282 g/mol. The van der Waals surface area contributed by atoms with E-state index in [4.69, 9.17) is 16.2 Å². The lowest BCUT2D eigenvalue weighted by molar-refractivity contribution is 0.308. The van der Waals surface area contributed by atoms with Crippen LogP contribution in [0.3, 0.4) is 0 Å². The lowest BCUT2D eigenvalue weighted by Crippen LogP contribution is -2.25. The second-order valence-corrected chi connectivity index (χ2v) is 5.21. The van der Waals surface area contributed by atoms with E-state index >= 15 is 0 Å². The van der Waals surface area contributed by atoms with E-state index in [1.54, 1.807) is 12.1 Å². The van der Waals surface area contributed by atoms with Crippen LogP contribution in [0.4, 0.5) is 4.39 Å². The highest BCUT2D eigenvalue weighted by atomic mass is 19.1. The number of halogens is 1. The predicted octanol–water partition coefficient (Wildman–Crippen LogP) is 3.03. The molecule has 0 amide bonds. The lowest BCUT2D eigenvalue weighted by Gasteiger charge is -2.23. The first-order valence-corrected chi connectivity index (χ1v) is 7.48. The van der Waals surface area contributed by atoms with Crippen LogP contribution in [-0.4, -0.2) is 19.7 Å². The van der Waals surface area contributed by atoms with E-state index < -0.39 is 0 Å². The molecule has 0 aromatic heterocycles. The molecule has 0 aliphatic carbocycles. The second kappa shape index (κ2) is 8.93. The van der Waals surface area contributed by atoms with Gasteiger partial charge in [0.2, 0.25) is 0 Å². The summed E-state index contributed by atoms with van der Waals surface area (Å²) in [6, 6.07) is 4.76. The first kappa shape index (κ1) is 16.9. The molecule has 3 nitrogen and oxygen atoms in total. The third-order valence-electron chi connectivity index (χ3n) is 3.65. The van der Waals surface area contributed by atoms with Crippen LogP contribution in [-0.2, 0) is 0 Å². The van der Waals surface area contributed by atoms with Gasteiger partial charge < -0.3 is 16.2 Å². The van der Waals surface area contributed by atoms with Crippen molar-refractivity contribution in [2.45, 2.75) is 39.0 Å². The Balaban J connectivity index is 2.96. The van der Waals surface area contributed by atoms with Crippen LogP contribution in [0, 0.1) is 11.7 Å². The minimum Gasteiger partial charge on any atom is -0.493 e. The van der Waals surface area contributed by atoms with E-state index in [0.717, 1.165) is 30.6 Å². The van der Waals surface area contributed by atoms with Gasteiger partial charge in [-0.1, -0.05) is 13.8 Å². The molecule has 1 aromatic carbocycles. The van der Waals surface area contributed by atoms with Gasteiger partial charge in [-0.3, -0.25) is 0 Å². The quantitative estimate of drug-likeness (QED) is 0.732. The van der Waals surface area contributed by atoms with Crippen molar-refractivity contribution in [1.29, 1.82) is 0 Å². The van der Waals surface area contributed by atoms with Crippen LogP contribution in [0.1, 0.15) is 44.6 Å². The Morgan fingerprint density at radius 3 is 2.45 bits per heavy atom. The van der Waals surface area contributed by atoms with Crippen molar-refractivity contribution >= 4 is 0 Å². The molecule has 0 fully saturated rings. The average Bonchev–Trinajstić information content (AvgIpc) is 2.47. The Labute approximate surface area is 121 Å². The Kier molecular flexibility index (Phi) is 7.55. The van der Waals surface area contributed by atoms with Gasteiger partial charge in [0.1, 0.15) is 11.6 Å². The maximum atomic E-state index is 13.6. The summed E-state index contributed by atoms with van der Waals surface area (Å²) in [6.45, 7) is 5.93. The van der Waals surface area contributed by atoms with Gasteiger partial charge in [0.25, 0.3) is 0 Å². The Hall–Kier alpha value is -1.13. The first-order valence-electron chi connectivity index (χ1n) is 7.48. The highest BCUT2D eigenvalue weighted by Crippen LogP contribution is 2.34. The summed E-state index contributed by atoms with van der Waals surface area (Å²) >= 11 is 0. The van der Waals surface area contributed by atoms with Crippen molar-refractivity contribution in [1.82, 2.24) is 0 Å². The predicted molar refractivity (Wildman–Crippen MR) is 81.4 cm³/mol. The molecular weight excluding hydrogens is 255 g/mol. The zero-order chi connectivity index (χ0) is 15.0. The van der Waals surface area contributed by atoms with Crippen LogP contribution in [0.5, 0.6) is 5.75 Å². The van der Waals surface area contributed by atoms with Crippen molar-refractivity contribution in [2.24, 2.45) is 17.4 Å². The highest BCUT2D eigenvalue weighted by Gasteiger charge is 2.19. The topological polar surface area (TPSA) is 61.3 Å². The number of nitrogens with two attached hydrogens (primary N) is 2. The number of hydrogen-bond donors (Lipinski definition) is 2. The number of hydrogen-bond acceptors (Lipinski definition) is 3. The van der Waals surface area contributed by atoms with Gasteiger partial charge in [0, 0.05) is 5.56 Å². The van der Waals surface area contributed by atoms with Crippen molar-refractivity contribution in [3.05, 3.63) is 29.6 Å². The molecule has 1 atom stereocenters. The van der Waals surface area contributed by atoms with Gasteiger partial charge in [0.05, 0.1) is 6.61 Å². The summed E-state index contributed by atoms with van der Waals surface area (Å²) in [6.07, 6.45) is 2.72. The molecule has 0 saturated carbocycles. The van der Waals surface area contributed by atoms with Gasteiger partial charge in [0.15, 0.2) is 0 Å². The third kappa shape index (κ3) is 4.76. The van der Waals surface area contributed by atoms with Crippen molar-refractivity contribution in [3.63, 3.8) is 0 Å². The van der Waals surface area contributed by atoms with E-state index in [9.17, 15) is 4.39 Å². The Bertz CT molecular complexity index is 394. The molecule has 0 heterocycles. The number of rotatable bonds is 9. The minimum atomic E-state index is -0.223. The van der Waals surface area contributed by atoms with Crippen molar-refractivity contribution < 1.29 is 9.13 Å². The zero-order valence-corrected chi connectivity index (χ0v) is 12.6. The molecule has 0 aliphatic heterocycles. The summed E-state index contributed by atoms with van der Waals surface area (Å²) in [5, 5.41) is 0. The van der Waals surface area contributed by atoms with E-state index in [1.165, 1.54) is 6.07 Å². The van der Waals surface area contributed by atoms with E-state index in [1.807, 2.05) is 0 Å². The second-order valence-electron chi connectivity index (χ2n) is 5.21. The van der Waals surface area contributed by atoms with Crippen LogP contribution in [0.25, 0.3) is 0 Å². The molecule has 4 N–H and O–H groups in total. The fraction of sp³-hybridized carbons (Fsp3) is 0.625. The Morgan fingerprint density at radius 2 is 1.90 bits per heavy atom. The van der Waals surface area contributed by atoms with E-state index in [2.05, 4.69) is 13.8 Å². The minimum absolute atomic E-state index is 0.223. The molecule has 0 spiro atoms. The van der Waals surface area contributed by atoms with Crippen LogP contribution in [0.15, 0.2) is 18.2 Å². The van der Waals surface area contributed by atoms with Crippen LogP contribution >= 0.6 is 0 Å². The summed E-state index contributed by atoms with van der Waals surface area (Å²) in [4.78, 5) is 0. The summed E-state index contributed by atoms with van der Waals surface area (Å²) < 4.78 is 19.3. The molecule has 20 heavy (non-hydrogen) atoms. The molecule has 4 heteroatoms. The van der Waals surface area contributed by atoms with Gasteiger partial charge in [-0.25, -0.2) is 4.39 Å². The first-order chi connectivity index (χ1) is 9.65. The maximum absolute atomic E-state index is 13.6. The van der Waals surface area contributed by atoms with Crippen molar-refractivity contribution in [3.8, 4) is 5.75 Å². The van der Waals surface area contributed by atoms with Crippen LogP contribution in [0.2, 0.25) is 0 Å². The molecule has 0 saturated heterocycles. The van der Waals surface area contributed by atoms with Gasteiger partial charge in [-0.2, -0.15) is 0 Å². The zero-order valence-electron chi connectivity index (χ0n) is 12.6. The number of ether oxygens (including phenoxy) is 1. The normalized spacial score (nSPS) is 12.7. The molecule has 114 valence electrons. The fourth-order valence-electron chi connectivity index (χ4n) is 2.39. The SMILES string of the molecule is CCCOc1ccc(F)cc1C(CC)CC(CN)CN. The summed E-state index contributed by atoms with van der Waals surface area (Å²) in [7, 11) is 0. The van der Waals surface area contributed by atoms with Crippen molar-refractivity contribution in [2.75, 3.05) is 19.7 Å². The third-order valence-corrected chi connectivity index (χ3v) is 3.65. The summed E-state index contributed by atoms with van der Waals surface area (Å²) in [5.74, 6) is 1.06. The van der Waals surface area contributed by atoms with Gasteiger partial charge >= 0.3 is 0 Å². The molecule has 0 aliphatic rings. The smallest absolute Gasteiger partial charge is 0.123 e. The molecule has 1 unspecified atom stereocenters. The molecule has 0 bridgehead atoms. The van der Waals surface area contributed by atoms with E-state index in [-0.39, 0.29) is 17.7 Å². The largest absolute Gasteiger partial charge is 0.493 e.